The number of hydrogen-bond acceptors (Lipinski definition) is 5. The van der Waals surface area contributed by atoms with E-state index in [1.165, 1.54) is 5.56 Å². The fourth-order valence-electron chi connectivity index (χ4n) is 4.41. The highest BCUT2D eigenvalue weighted by atomic mass is 16.3. The second kappa shape index (κ2) is 6.72. The number of carbonyl (C=O) groups is 1. The highest BCUT2D eigenvalue weighted by molar-refractivity contribution is 6.00. The molecule has 0 amide bonds. The molecule has 6 nitrogen and oxygen atoms in total. The van der Waals surface area contributed by atoms with Gasteiger partial charge in [0.25, 0.3) is 0 Å². The van der Waals surface area contributed by atoms with Crippen molar-refractivity contribution in [2.45, 2.75) is 51.5 Å². The van der Waals surface area contributed by atoms with E-state index >= 15 is 0 Å². The van der Waals surface area contributed by atoms with E-state index in [0.29, 0.717) is 24.1 Å². The van der Waals surface area contributed by atoms with Crippen molar-refractivity contribution in [2.75, 3.05) is 5.32 Å². The average Bonchev–Trinajstić information content (AvgIpc) is 3.35. The minimum absolute atomic E-state index is 0.0447. The highest BCUT2D eigenvalue weighted by Crippen LogP contribution is 2.44. The quantitative estimate of drug-likeness (QED) is 0.703. The van der Waals surface area contributed by atoms with Gasteiger partial charge in [-0.3, -0.25) is 4.79 Å². The normalized spacial score (nSPS) is 21.2. The van der Waals surface area contributed by atoms with Crippen molar-refractivity contribution in [3.63, 3.8) is 0 Å². The first kappa shape index (κ1) is 17.9. The molecule has 148 valence electrons. The van der Waals surface area contributed by atoms with Gasteiger partial charge < -0.3 is 9.73 Å². The number of Topliss-reactive ketones (excluding diaryl/α,β-unsaturated/α-hetero) is 1. The van der Waals surface area contributed by atoms with Crippen molar-refractivity contribution >= 4 is 11.7 Å². The van der Waals surface area contributed by atoms with E-state index in [9.17, 15) is 4.79 Å². The van der Waals surface area contributed by atoms with Crippen LogP contribution in [-0.2, 0) is 4.79 Å². The Kier molecular flexibility index (Phi) is 4.15. The lowest BCUT2D eigenvalue weighted by atomic mass is 9.79. The molecule has 2 atom stereocenters. The van der Waals surface area contributed by atoms with Crippen LogP contribution < -0.4 is 5.32 Å². The van der Waals surface area contributed by atoms with Crippen molar-refractivity contribution in [2.24, 2.45) is 0 Å². The summed E-state index contributed by atoms with van der Waals surface area (Å²) in [5.74, 6) is 2.87. The van der Waals surface area contributed by atoms with Gasteiger partial charge in [0, 0.05) is 23.6 Å². The number of nitrogens with one attached hydrogen (secondary N) is 1. The van der Waals surface area contributed by atoms with Gasteiger partial charge in [-0.25, -0.2) is 4.68 Å². The van der Waals surface area contributed by atoms with Crippen LogP contribution in [0.4, 0.5) is 5.95 Å². The Morgan fingerprint density at radius 2 is 1.97 bits per heavy atom. The lowest BCUT2D eigenvalue weighted by molar-refractivity contribution is -0.117. The molecule has 2 aliphatic rings. The minimum Gasteiger partial charge on any atom is -0.469 e. The lowest BCUT2D eigenvalue weighted by Crippen LogP contribution is -2.33. The first-order chi connectivity index (χ1) is 14.0. The SMILES string of the molecule is Cc1nc2n(n1)[C@@H](c1ccc(C(C)C)cc1)C1=C(C[C@H](c3ccco3)CC1=O)N2. The lowest BCUT2D eigenvalue weighted by Gasteiger charge is -2.34. The summed E-state index contributed by atoms with van der Waals surface area (Å²) in [7, 11) is 0. The molecule has 0 fully saturated rings. The monoisotopic (exact) mass is 388 g/mol. The number of benzene rings is 1. The Morgan fingerprint density at radius 1 is 1.17 bits per heavy atom. The molecule has 29 heavy (non-hydrogen) atoms. The van der Waals surface area contributed by atoms with Crippen LogP contribution in [0.5, 0.6) is 0 Å². The number of anilines is 1. The summed E-state index contributed by atoms with van der Waals surface area (Å²) in [6, 6.07) is 12.1. The number of furan rings is 1. The molecule has 3 aromatic rings. The van der Waals surface area contributed by atoms with Gasteiger partial charge in [0.2, 0.25) is 5.95 Å². The summed E-state index contributed by atoms with van der Waals surface area (Å²) < 4.78 is 7.44. The van der Waals surface area contributed by atoms with E-state index in [4.69, 9.17) is 4.42 Å². The molecule has 0 saturated heterocycles. The molecule has 6 heteroatoms. The van der Waals surface area contributed by atoms with Crippen LogP contribution in [0, 0.1) is 6.92 Å². The molecule has 3 heterocycles. The molecule has 1 aliphatic heterocycles. The maximum absolute atomic E-state index is 13.3. The number of carbonyl (C=O) groups excluding carboxylic acids is 1. The Labute approximate surface area is 169 Å². The summed E-state index contributed by atoms with van der Waals surface area (Å²) in [6.07, 6.45) is 2.83. The molecule has 1 aliphatic carbocycles. The zero-order valence-corrected chi connectivity index (χ0v) is 16.8. The van der Waals surface area contributed by atoms with Crippen LogP contribution in [0.1, 0.15) is 67.3 Å². The summed E-state index contributed by atoms with van der Waals surface area (Å²) in [4.78, 5) is 17.9. The smallest absolute Gasteiger partial charge is 0.226 e. The molecule has 1 aromatic carbocycles. The molecule has 0 saturated carbocycles. The molecule has 0 unspecified atom stereocenters. The van der Waals surface area contributed by atoms with Gasteiger partial charge >= 0.3 is 0 Å². The van der Waals surface area contributed by atoms with E-state index in [1.54, 1.807) is 6.26 Å². The number of nitrogens with zero attached hydrogens (tertiary/aromatic N) is 3. The number of aromatic nitrogens is 3. The van der Waals surface area contributed by atoms with Crippen molar-refractivity contribution in [3.05, 3.63) is 76.6 Å². The Morgan fingerprint density at radius 3 is 2.66 bits per heavy atom. The summed E-state index contributed by atoms with van der Waals surface area (Å²) in [5.41, 5.74) is 4.06. The molecule has 0 spiro atoms. The van der Waals surface area contributed by atoms with Crippen molar-refractivity contribution in [3.8, 4) is 0 Å². The molecular weight excluding hydrogens is 364 g/mol. The number of ketones is 1. The van der Waals surface area contributed by atoms with Gasteiger partial charge in [0.1, 0.15) is 17.6 Å². The number of aryl methyl sites for hydroxylation is 1. The van der Waals surface area contributed by atoms with E-state index in [-0.39, 0.29) is 17.7 Å². The Balaban J connectivity index is 1.60. The predicted octanol–water partition coefficient (Wildman–Crippen LogP) is 4.72. The zero-order valence-electron chi connectivity index (χ0n) is 16.8. The van der Waals surface area contributed by atoms with E-state index in [0.717, 1.165) is 29.0 Å². The Bertz CT molecular complexity index is 1090. The van der Waals surface area contributed by atoms with Gasteiger partial charge in [0.05, 0.1) is 6.26 Å². The van der Waals surface area contributed by atoms with Gasteiger partial charge in [-0.05, 0) is 42.5 Å². The number of allylic oxidation sites excluding steroid dienone is 2. The first-order valence-electron chi connectivity index (χ1n) is 10.1. The maximum atomic E-state index is 13.3. The van der Waals surface area contributed by atoms with Crippen LogP contribution in [0.3, 0.4) is 0 Å². The largest absolute Gasteiger partial charge is 0.469 e. The van der Waals surface area contributed by atoms with Crippen molar-refractivity contribution < 1.29 is 9.21 Å². The average molecular weight is 388 g/mol. The topological polar surface area (TPSA) is 73.0 Å². The maximum Gasteiger partial charge on any atom is 0.226 e. The second-order valence-corrected chi connectivity index (χ2v) is 8.21. The van der Waals surface area contributed by atoms with Crippen LogP contribution in [-0.4, -0.2) is 20.5 Å². The fourth-order valence-corrected chi connectivity index (χ4v) is 4.41. The third-order valence-corrected chi connectivity index (χ3v) is 5.89. The zero-order chi connectivity index (χ0) is 20.1. The number of rotatable bonds is 3. The fraction of sp³-hybridized carbons (Fsp3) is 0.348. The highest BCUT2D eigenvalue weighted by Gasteiger charge is 2.40. The molecule has 5 rings (SSSR count). The van der Waals surface area contributed by atoms with E-state index in [1.807, 2.05) is 23.7 Å². The first-order valence-corrected chi connectivity index (χ1v) is 10.1. The molecule has 0 radical (unpaired) electrons. The van der Waals surface area contributed by atoms with Crippen LogP contribution in [0.2, 0.25) is 0 Å². The third-order valence-electron chi connectivity index (χ3n) is 5.89. The van der Waals surface area contributed by atoms with Crippen LogP contribution >= 0.6 is 0 Å². The van der Waals surface area contributed by atoms with Crippen LogP contribution in [0.15, 0.2) is 58.3 Å². The third kappa shape index (κ3) is 2.99. The van der Waals surface area contributed by atoms with E-state index in [2.05, 4.69) is 53.5 Å². The van der Waals surface area contributed by atoms with Gasteiger partial charge in [0.15, 0.2) is 5.78 Å². The van der Waals surface area contributed by atoms with Crippen LogP contribution in [0.25, 0.3) is 0 Å². The predicted molar refractivity (Wildman–Crippen MR) is 110 cm³/mol. The standard InChI is InChI=1S/C23H24N4O2/c1-13(2)15-6-8-16(9-7-15)22-21-18(25-23-24-14(3)26-27(22)23)11-17(12-19(21)28)20-5-4-10-29-20/h4-10,13,17,22H,11-12H2,1-3H3,(H,24,25,26)/t17-,22-/m0/s1. The van der Waals surface area contributed by atoms with E-state index < -0.39 is 0 Å². The summed E-state index contributed by atoms with van der Waals surface area (Å²) in [5, 5.41) is 7.98. The van der Waals surface area contributed by atoms with Crippen molar-refractivity contribution in [1.82, 2.24) is 14.8 Å². The van der Waals surface area contributed by atoms with Gasteiger partial charge in [-0.2, -0.15) is 10.1 Å². The Hall–Kier alpha value is -3.15. The summed E-state index contributed by atoms with van der Waals surface area (Å²) >= 11 is 0. The number of fused-ring (bicyclic) bond motifs is 1. The second-order valence-electron chi connectivity index (χ2n) is 8.21. The molecule has 1 N–H and O–H groups in total. The molecule has 2 aromatic heterocycles. The minimum atomic E-state index is -0.256. The van der Waals surface area contributed by atoms with Gasteiger partial charge in [-0.15, -0.1) is 0 Å². The van der Waals surface area contributed by atoms with Gasteiger partial charge in [-0.1, -0.05) is 38.1 Å². The van der Waals surface area contributed by atoms with Crippen molar-refractivity contribution in [1.29, 1.82) is 0 Å². The number of hydrogen-bond donors (Lipinski definition) is 1. The molecular formula is C23H24N4O2. The molecule has 0 bridgehead atoms. The summed E-state index contributed by atoms with van der Waals surface area (Å²) in [6.45, 7) is 6.23.